The lowest BCUT2D eigenvalue weighted by molar-refractivity contribution is -0.159. The Kier molecular flexibility index (Phi) is 5.23. The summed E-state index contributed by atoms with van der Waals surface area (Å²) in [5.74, 6) is -1.16. The first-order valence-electron chi connectivity index (χ1n) is 6.60. The first-order chi connectivity index (χ1) is 10.4. The second kappa shape index (κ2) is 6.95. The summed E-state index contributed by atoms with van der Waals surface area (Å²) < 4.78 is 15.7. The largest absolute Gasteiger partial charge is 0.503 e. The Labute approximate surface area is 132 Å². The van der Waals surface area contributed by atoms with Gasteiger partial charge in [-0.15, -0.1) is 0 Å². The summed E-state index contributed by atoms with van der Waals surface area (Å²) in [5.41, 5.74) is 2.95. The van der Waals surface area contributed by atoms with Crippen LogP contribution in [0.3, 0.4) is 0 Å². The van der Waals surface area contributed by atoms with Crippen LogP contribution in [0.15, 0.2) is 17.2 Å². The van der Waals surface area contributed by atoms with Crippen LogP contribution in [0, 0.1) is 0 Å². The monoisotopic (exact) mass is 328 g/mol. The topological polar surface area (TPSA) is 89.4 Å². The Balaban J connectivity index is 1.95. The molecule has 120 valence electrons. The van der Waals surface area contributed by atoms with E-state index in [1.165, 1.54) is 19.4 Å². The number of aromatic hydroxyl groups is 1. The summed E-state index contributed by atoms with van der Waals surface area (Å²) in [4.78, 5) is 11.8. The fourth-order valence-electron chi connectivity index (χ4n) is 1.99. The second-order valence-corrected chi connectivity index (χ2v) is 5.26. The van der Waals surface area contributed by atoms with Gasteiger partial charge in [0, 0.05) is 0 Å². The average Bonchev–Trinajstić information content (AvgIpc) is 2.88. The molecule has 22 heavy (non-hydrogen) atoms. The Hall–Kier alpha value is -1.83. The molecule has 2 rings (SSSR count). The minimum Gasteiger partial charge on any atom is -0.503 e. The second-order valence-electron chi connectivity index (χ2n) is 4.85. The molecule has 1 saturated heterocycles. The highest BCUT2D eigenvalue weighted by molar-refractivity contribution is 6.32. The van der Waals surface area contributed by atoms with E-state index in [1.54, 1.807) is 13.0 Å². The predicted octanol–water partition coefficient (Wildman–Crippen LogP) is 1.66. The van der Waals surface area contributed by atoms with E-state index in [1.807, 2.05) is 0 Å². The molecular weight excluding hydrogens is 312 g/mol. The van der Waals surface area contributed by atoms with E-state index in [-0.39, 0.29) is 28.8 Å². The molecule has 1 aliphatic rings. The van der Waals surface area contributed by atoms with E-state index in [0.717, 1.165) is 0 Å². The molecule has 0 atom stereocenters. The molecule has 1 aromatic rings. The van der Waals surface area contributed by atoms with E-state index in [2.05, 4.69) is 10.5 Å². The van der Waals surface area contributed by atoms with E-state index in [9.17, 15) is 9.90 Å². The van der Waals surface area contributed by atoms with Crippen LogP contribution in [0.1, 0.15) is 18.9 Å². The number of carbonyl (C=O) groups excluding carboxylic acids is 1. The van der Waals surface area contributed by atoms with Gasteiger partial charge in [0.1, 0.15) is 0 Å². The maximum Gasteiger partial charge on any atom is 0.245 e. The third kappa shape index (κ3) is 4.09. The van der Waals surface area contributed by atoms with Crippen molar-refractivity contribution in [3.05, 3.63) is 22.7 Å². The number of nitrogens with zero attached hydrogens (tertiary/aromatic N) is 1. The summed E-state index contributed by atoms with van der Waals surface area (Å²) >= 11 is 5.86. The molecule has 1 aromatic carbocycles. The standard InChI is InChI=1S/C14H17ClN2O5/c1-14(21-3-4-22-14)7-12(18)17-16-8-9-5-10(15)13(19)11(6-9)20-2/h5-6,8,19H,3-4,7H2,1-2H3,(H,17,18)/b16-8-. The van der Waals surface area contributed by atoms with Crippen LogP contribution >= 0.6 is 11.6 Å². The lowest BCUT2D eigenvalue weighted by Crippen LogP contribution is -2.33. The zero-order valence-electron chi connectivity index (χ0n) is 12.3. The summed E-state index contributed by atoms with van der Waals surface area (Å²) in [5, 5.41) is 13.6. The molecule has 0 aliphatic carbocycles. The number of carbonyl (C=O) groups is 1. The number of phenolic OH excluding ortho intramolecular Hbond substituents is 1. The van der Waals surface area contributed by atoms with Crippen molar-refractivity contribution in [2.75, 3.05) is 20.3 Å². The van der Waals surface area contributed by atoms with Gasteiger partial charge >= 0.3 is 0 Å². The fourth-order valence-corrected chi connectivity index (χ4v) is 2.21. The van der Waals surface area contributed by atoms with E-state index in [4.69, 9.17) is 25.8 Å². The van der Waals surface area contributed by atoms with E-state index >= 15 is 0 Å². The van der Waals surface area contributed by atoms with Crippen LogP contribution in [0.2, 0.25) is 5.02 Å². The number of nitrogens with one attached hydrogen (secondary N) is 1. The number of rotatable bonds is 5. The predicted molar refractivity (Wildman–Crippen MR) is 80.3 cm³/mol. The highest BCUT2D eigenvalue weighted by atomic mass is 35.5. The number of halogens is 1. The molecule has 1 aliphatic heterocycles. The number of hydrogen-bond donors (Lipinski definition) is 2. The molecule has 2 N–H and O–H groups in total. The number of ether oxygens (including phenoxy) is 3. The van der Waals surface area contributed by atoms with Gasteiger partial charge in [-0.1, -0.05) is 11.6 Å². The van der Waals surface area contributed by atoms with Crippen molar-refractivity contribution in [3.8, 4) is 11.5 Å². The minimum absolute atomic E-state index is 0.0456. The van der Waals surface area contributed by atoms with Crippen LogP contribution in [-0.4, -0.2) is 43.3 Å². The van der Waals surface area contributed by atoms with Crippen molar-refractivity contribution in [2.24, 2.45) is 5.10 Å². The van der Waals surface area contributed by atoms with Gasteiger partial charge in [0.15, 0.2) is 17.3 Å². The molecule has 7 nitrogen and oxygen atoms in total. The summed E-state index contributed by atoms with van der Waals surface area (Å²) in [7, 11) is 1.41. The van der Waals surface area contributed by atoms with Gasteiger partial charge in [0.05, 0.1) is 38.0 Å². The van der Waals surface area contributed by atoms with E-state index < -0.39 is 5.79 Å². The highest BCUT2D eigenvalue weighted by Gasteiger charge is 2.33. The zero-order chi connectivity index (χ0) is 16.2. The smallest absolute Gasteiger partial charge is 0.245 e. The van der Waals surface area contributed by atoms with Gasteiger partial charge in [-0.3, -0.25) is 4.79 Å². The van der Waals surface area contributed by atoms with Crippen molar-refractivity contribution < 1.29 is 24.1 Å². The number of benzene rings is 1. The van der Waals surface area contributed by atoms with Crippen molar-refractivity contribution in [3.63, 3.8) is 0 Å². The Morgan fingerprint density at radius 1 is 1.55 bits per heavy atom. The number of amides is 1. The Bertz CT molecular complexity index is 585. The van der Waals surface area contributed by atoms with Crippen LogP contribution in [0.4, 0.5) is 0 Å². The summed E-state index contributed by atoms with van der Waals surface area (Å²) in [6.07, 6.45) is 1.44. The first-order valence-corrected chi connectivity index (χ1v) is 6.97. The summed E-state index contributed by atoms with van der Waals surface area (Å²) in [6, 6.07) is 3.04. The zero-order valence-corrected chi connectivity index (χ0v) is 13.0. The van der Waals surface area contributed by atoms with Crippen LogP contribution in [0.5, 0.6) is 11.5 Å². The number of hydrogen-bond acceptors (Lipinski definition) is 6. The maximum atomic E-state index is 11.8. The minimum atomic E-state index is -0.898. The molecule has 0 saturated carbocycles. The molecule has 0 spiro atoms. The molecule has 0 radical (unpaired) electrons. The molecular formula is C14H17ClN2O5. The average molecular weight is 329 g/mol. The van der Waals surface area contributed by atoms with Gasteiger partial charge in [0.25, 0.3) is 0 Å². The van der Waals surface area contributed by atoms with Crippen molar-refractivity contribution >= 4 is 23.7 Å². The molecule has 1 amide bonds. The molecule has 1 fully saturated rings. The molecule has 0 bridgehead atoms. The van der Waals surface area contributed by atoms with Crippen molar-refractivity contribution in [1.29, 1.82) is 0 Å². The van der Waals surface area contributed by atoms with Gasteiger partial charge in [-0.2, -0.15) is 5.10 Å². The molecule has 8 heteroatoms. The highest BCUT2D eigenvalue weighted by Crippen LogP contribution is 2.34. The van der Waals surface area contributed by atoms with Gasteiger partial charge in [0.2, 0.25) is 5.91 Å². The third-order valence-corrected chi connectivity index (χ3v) is 3.34. The van der Waals surface area contributed by atoms with Gasteiger partial charge < -0.3 is 19.3 Å². The quantitative estimate of drug-likeness (QED) is 0.634. The Morgan fingerprint density at radius 3 is 2.86 bits per heavy atom. The maximum absolute atomic E-state index is 11.8. The SMILES string of the molecule is COc1cc(/C=N\NC(=O)CC2(C)OCCO2)cc(Cl)c1O. The number of phenols is 1. The Morgan fingerprint density at radius 2 is 2.23 bits per heavy atom. The first kappa shape index (κ1) is 16.5. The van der Waals surface area contributed by atoms with Crippen LogP contribution in [-0.2, 0) is 14.3 Å². The van der Waals surface area contributed by atoms with Gasteiger partial charge in [-0.05, 0) is 24.6 Å². The van der Waals surface area contributed by atoms with Crippen LogP contribution < -0.4 is 10.2 Å². The van der Waals surface area contributed by atoms with Crippen molar-refractivity contribution in [2.45, 2.75) is 19.1 Å². The third-order valence-electron chi connectivity index (χ3n) is 3.05. The fraction of sp³-hybridized carbons (Fsp3) is 0.429. The molecule has 0 unspecified atom stereocenters. The lowest BCUT2D eigenvalue weighted by atomic mass is 10.2. The van der Waals surface area contributed by atoms with E-state index in [0.29, 0.717) is 18.8 Å². The molecule has 0 aromatic heterocycles. The number of methoxy groups -OCH3 is 1. The van der Waals surface area contributed by atoms with Gasteiger partial charge in [-0.25, -0.2) is 5.43 Å². The number of hydrazone groups is 1. The molecule has 1 heterocycles. The lowest BCUT2D eigenvalue weighted by Gasteiger charge is -2.20. The van der Waals surface area contributed by atoms with Crippen molar-refractivity contribution in [1.82, 2.24) is 5.43 Å². The van der Waals surface area contributed by atoms with Crippen LogP contribution in [0.25, 0.3) is 0 Å². The summed E-state index contributed by atoms with van der Waals surface area (Å²) in [6.45, 7) is 2.64. The normalized spacial score (nSPS) is 16.9.